The Balaban J connectivity index is 2.08. The largest absolute Gasteiger partial charge is 0.507 e. The fourth-order valence-corrected chi connectivity index (χ4v) is 2.32. The van der Waals surface area contributed by atoms with E-state index in [-0.39, 0.29) is 11.5 Å². The van der Waals surface area contributed by atoms with E-state index < -0.39 is 0 Å². The number of aromatic hydroxyl groups is 2. The molecule has 0 aliphatic rings. The van der Waals surface area contributed by atoms with Gasteiger partial charge in [-0.2, -0.15) is 0 Å². The number of hydrogen-bond acceptors (Lipinski definition) is 3. The van der Waals surface area contributed by atoms with E-state index in [1.807, 2.05) is 38.1 Å². The lowest BCUT2D eigenvalue weighted by molar-refractivity contribution is 0.471. The van der Waals surface area contributed by atoms with Gasteiger partial charge in [-0.25, -0.2) is 0 Å². The Bertz CT molecular complexity index is 734. The maximum absolute atomic E-state index is 9.96. The Hall–Kier alpha value is -2.68. The maximum Gasteiger partial charge on any atom is 0.138 e. The molecule has 0 saturated heterocycles. The van der Waals surface area contributed by atoms with Gasteiger partial charge in [-0.3, -0.25) is 0 Å². The quantitative estimate of drug-likeness (QED) is 0.719. The second-order valence-corrected chi connectivity index (χ2v) is 5.21. The summed E-state index contributed by atoms with van der Waals surface area (Å²) in [7, 11) is 0. The van der Waals surface area contributed by atoms with Crippen molar-refractivity contribution >= 4 is 0 Å². The average molecular weight is 280 g/mol. The number of furan rings is 1. The van der Waals surface area contributed by atoms with Crippen LogP contribution >= 0.6 is 0 Å². The fraction of sp³-hybridized carbons (Fsp3) is 0.111. The van der Waals surface area contributed by atoms with E-state index in [0.717, 1.165) is 11.1 Å². The summed E-state index contributed by atoms with van der Waals surface area (Å²) in [6, 6.07) is 14.3. The second kappa shape index (κ2) is 5.02. The predicted molar refractivity (Wildman–Crippen MR) is 82.4 cm³/mol. The van der Waals surface area contributed by atoms with E-state index in [1.54, 1.807) is 24.3 Å². The van der Waals surface area contributed by atoms with Crippen LogP contribution in [0.5, 0.6) is 11.5 Å². The van der Waals surface area contributed by atoms with Gasteiger partial charge in [-0.15, -0.1) is 0 Å². The van der Waals surface area contributed by atoms with Crippen molar-refractivity contribution in [2.24, 2.45) is 0 Å². The van der Waals surface area contributed by atoms with Crippen LogP contribution in [0.3, 0.4) is 0 Å². The minimum Gasteiger partial charge on any atom is -0.507 e. The van der Waals surface area contributed by atoms with Gasteiger partial charge in [0.2, 0.25) is 0 Å². The standard InChI is InChI=1S/C18H16O3/c1-11-3-5-15(19)13(9-11)17-7-8-18(21-17)14-10-12(2)4-6-16(14)20/h3-10,19-20H,1-2H3. The van der Waals surface area contributed by atoms with Crippen molar-refractivity contribution < 1.29 is 14.6 Å². The van der Waals surface area contributed by atoms with Crippen molar-refractivity contribution in [2.75, 3.05) is 0 Å². The van der Waals surface area contributed by atoms with Crippen LogP contribution in [0.1, 0.15) is 11.1 Å². The molecule has 1 aromatic heterocycles. The van der Waals surface area contributed by atoms with E-state index in [0.29, 0.717) is 22.6 Å². The number of phenolic OH excluding ortho intramolecular Hbond substituents is 2. The normalized spacial score (nSPS) is 10.8. The van der Waals surface area contributed by atoms with Crippen LogP contribution in [0, 0.1) is 13.8 Å². The molecule has 2 N–H and O–H groups in total. The third kappa shape index (κ3) is 2.50. The SMILES string of the molecule is Cc1ccc(O)c(-c2ccc(-c3cc(C)ccc3O)o2)c1. The topological polar surface area (TPSA) is 53.6 Å². The molecule has 3 nitrogen and oxygen atoms in total. The smallest absolute Gasteiger partial charge is 0.138 e. The maximum atomic E-state index is 9.96. The summed E-state index contributed by atoms with van der Waals surface area (Å²) < 4.78 is 5.81. The van der Waals surface area contributed by atoms with Crippen molar-refractivity contribution in [2.45, 2.75) is 13.8 Å². The Labute approximate surface area is 123 Å². The zero-order valence-electron chi connectivity index (χ0n) is 11.9. The molecule has 0 atom stereocenters. The lowest BCUT2D eigenvalue weighted by Crippen LogP contribution is -1.80. The van der Waals surface area contributed by atoms with Crippen LogP contribution in [-0.4, -0.2) is 10.2 Å². The first kappa shape index (κ1) is 13.3. The van der Waals surface area contributed by atoms with Crippen molar-refractivity contribution in [1.29, 1.82) is 0 Å². The summed E-state index contributed by atoms with van der Waals surface area (Å²) >= 11 is 0. The van der Waals surface area contributed by atoms with E-state index in [9.17, 15) is 10.2 Å². The van der Waals surface area contributed by atoms with Crippen molar-refractivity contribution in [3.8, 4) is 34.1 Å². The zero-order valence-corrected chi connectivity index (χ0v) is 11.9. The highest BCUT2D eigenvalue weighted by Gasteiger charge is 2.13. The van der Waals surface area contributed by atoms with Crippen LogP contribution in [0.15, 0.2) is 52.9 Å². The number of benzene rings is 2. The van der Waals surface area contributed by atoms with Crippen molar-refractivity contribution in [3.05, 3.63) is 59.7 Å². The van der Waals surface area contributed by atoms with Crippen LogP contribution in [-0.2, 0) is 0 Å². The Kier molecular flexibility index (Phi) is 3.18. The molecule has 0 unspecified atom stereocenters. The molecule has 0 fully saturated rings. The lowest BCUT2D eigenvalue weighted by Gasteiger charge is -2.04. The average Bonchev–Trinajstić information content (AvgIpc) is 2.93. The van der Waals surface area contributed by atoms with Gasteiger partial charge in [-0.05, 0) is 50.2 Å². The predicted octanol–water partition coefficient (Wildman–Crippen LogP) is 4.64. The molecule has 106 valence electrons. The van der Waals surface area contributed by atoms with Gasteiger partial charge in [-0.1, -0.05) is 23.3 Å². The summed E-state index contributed by atoms with van der Waals surface area (Å²) in [4.78, 5) is 0. The van der Waals surface area contributed by atoms with Crippen LogP contribution in [0.25, 0.3) is 22.6 Å². The van der Waals surface area contributed by atoms with Gasteiger partial charge < -0.3 is 14.6 Å². The molecule has 1 heterocycles. The number of aryl methyl sites for hydroxylation is 2. The first-order chi connectivity index (χ1) is 10.0. The molecule has 0 saturated carbocycles. The molecule has 0 radical (unpaired) electrons. The van der Waals surface area contributed by atoms with Crippen molar-refractivity contribution in [1.82, 2.24) is 0 Å². The summed E-state index contributed by atoms with van der Waals surface area (Å²) in [5.41, 5.74) is 3.38. The monoisotopic (exact) mass is 280 g/mol. The highest BCUT2D eigenvalue weighted by molar-refractivity contribution is 5.72. The highest BCUT2D eigenvalue weighted by Crippen LogP contribution is 2.37. The molecule has 2 aromatic carbocycles. The summed E-state index contributed by atoms with van der Waals surface area (Å²) in [6.45, 7) is 3.92. The number of hydrogen-bond donors (Lipinski definition) is 2. The third-order valence-corrected chi connectivity index (χ3v) is 3.44. The molecule has 0 spiro atoms. The second-order valence-electron chi connectivity index (χ2n) is 5.21. The molecule has 0 aliphatic carbocycles. The summed E-state index contributed by atoms with van der Waals surface area (Å²) in [6.07, 6.45) is 0. The Morgan fingerprint density at radius 3 is 1.52 bits per heavy atom. The van der Waals surface area contributed by atoms with Gasteiger partial charge in [0.1, 0.15) is 23.0 Å². The van der Waals surface area contributed by atoms with Gasteiger partial charge in [0, 0.05) is 0 Å². The van der Waals surface area contributed by atoms with E-state index >= 15 is 0 Å². The molecule has 0 bridgehead atoms. The van der Waals surface area contributed by atoms with E-state index in [2.05, 4.69) is 0 Å². The lowest BCUT2D eigenvalue weighted by atomic mass is 10.1. The van der Waals surface area contributed by atoms with Crippen LogP contribution < -0.4 is 0 Å². The van der Waals surface area contributed by atoms with Gasteiger partial charge in [0.15, 0.2) is 0 Å². The summed E-state index contributed by atoms with van der Waals surface area (Å²) in [5.74, 6) is 1.50. The van der Waals surface area contributed by atoms with Crippen molar-refractivity contribution in [3.63, 3.8) is 0 Å². The van der Waals surface area contributed by atoms with E-state index in [1.165, 1.54) is 0 Å². The zero-order chi connectivity index (χ0) is 15.0. The van der Waals surface area contributed by atoms with E-state index in [4.69, 9.17) is 4.42 Å². The van der Waals surface area contributed by atoms with Crippen LogP contribution in [0.2, 0.25) is 0 Å². The molecule has 21 heavy (non-hydrogen) atoms. The molecule has 0 aliphatic heterocycles. The fourth-order valence-electron chi connectivity index (χ4n) is 2.32. The number of phenols is 2. The first-order valence-corrected chi connectivity index (χ1v) is 6.74. The molecule has 0 amide bonds. The Morgan fingerprint density at radius 1 is 0.667 bits per heavy atom. The first-order valence-electron chi connectivity index (χ1n) is 6.74. The van der Waals surface area contributed by atoms with Gasteiger partial charge in [0.05, 0.1) is 11.1 Å². The number of rotatable bonds is 2. The van der Waals surface area contributed by atoms with Gasteiger partial charge in [0.25, 0.3) is 0 Å². The molecule has 3 heteroatoms. The highest BCUT2D eigenvalue weighted by atomic mass is 16.3. The third-order valence-electron chi connectivity index (χ3n) is 3.44. The van der Waals surface area contributed by atoms with Crippen LogP contribution in [0.4, 0.5) is 0 Å². The molecule has 3 aromatic rings. The molecule has 3 rings (SSSR count). The molecular weight excluding hydrogens is 264 g/mol. The molecular formula is C18H16O3. The minimum absolute atomic E-state index is 0.176. The minimum atomic E-state index is 0.176. The summed E-state index contributed by atoms with van der Waals surface area (Å²) in [5, 5.41) is 19.9. The van der Waals surface area contributed by atoms with Gasteiger partial charge >= 0.3 is 0 Å². The Morgan fingerprint density at radius 2 is 1.10 bits per heavy atom.